The molecule has 0 saturated carbocycles. The predicted molar refractivity (Wildman–Crippen MR) is 132 cm³/mol. The van der Waals surface area contributed by atoms with Crippen molar-refractivity contribution in [2.24, 2.45) is 0 Å². The first kappa shape index (κ1) is 21.8. The van der Waals surface area contributed by atoms with E-state index in [2.05, 4.69) is 65.4 Å². The third-order valence-corrected chi connectivity index (χ3v) is 6.60. The summed E-state index contributed by atoms with van der Waals surface area (Å²) >= 11 is 0. The van der Waals surface area contributed by atoms with Crippen LogP contribution in [0, 0.1) is 6.92 Å². The largest absolute Gasteiger partial charge is 0.346 e. The van der Waals surface area contributed by atoms with E-state index in [1.54, 1.807) is 24.3 Å². The number of aromatic nitrogens is 2. The molecule has 1 aliphatic heterocycles. The Hall–Kier alpha value is -3.99. The number of nitrogens with one attached hydrogen (secondary N) is 1. The molecule has 5 nitrogen and oxygen atoms in total. The highest BCUT2D eigenvalue weighted by Crippen LogP contribution is 2.31. The van der Waals surface area contributed by atoms with Crippen LogP contribution in [0.3, 0.4) is 0 Å². The molecule has 2 heterocycles. The molecule has 5 rings (SSSR count). The highest BCUT2D eigenvalue weighted by atomic mass is 16.2. The van der Waals surface area contributed by atoms with Crippen LogP contribution in [0.5, 0.6) is 0 Å². The summed E-state index contributed by atoms with van der Waals surface area (Å²) in [5.41, 5.74) is 5.83. The molecule has 0 aliphatic carbocycles. The second-order valence-corrected chi connectivity index (χ2v) is 8.77. The molecule has 0 radical (unpaired) electrons. The zero-order valence-electron chi connectivity index (χ0n) is 19.2. The number of imidazole rings is 1. The average Bonchev–Trinajstić information content (AvgIpc) is 3.42. The van der Waals surface area contributed by atoms with Crippen LogP contribution in [0.1, 0.15) is 61.3 Å². The summed E-state index contributed by atoms with van der Waals surface area (Å²) in [6, 6.07) is 26.1. The number of H-pyrrole nitrogens is 1. The molecule has 5 heteroatoms. The van der Waals surface area contributed by atoms with Crippen molar-refractivity contribution in [3.8, 4) is 0 Å². The summed E-state index contributed by atoms with van der Waals surface area (Å²) in [6.45, 7) is 2.50. The van der Waals surface area contributed by atoms with Crippen molar-refractivity contribution < 1.29 is 9.59 Å². The third kappa shape index (κ3) is 4.29. The summed E-state index contributed by atoms with van der Waals surface area (Å²) in [5.74, 6) is 0.773. The topological polar surface area (TPSA) is 66.1 Å². The lowest BCUT2D eigenvalue weighted by Crippen LogP contribution is -2.31. The summed E-state index contributed by atoms with van der Waals surface area (Å²) in [6.07, 6.45) is 4.11. The molecule has 1 unspecified atom stereocenters. The van der Waals surface area contributed by atoms with E-state index >= 15 is 0 Å². The van der Waals surface area contributed by atoms with Gasteiger partial charge in [0.2, 0.25) is 0 Å². The highest BCUT2D eigenvalue weighted by Gasteiger charge is 2.34. The van der Waals surface area contributed by atoms with Crippen LogP contribution in [-0.4, -0.2) is 33.2 Å². The van der Waals surface area contributed by atoms with Crippen molar-refractivity contribution in [3.63, 3.8) is 0 Å². The monoisotopic (exact) mass is 449 g/mol. The number of carbonyl (C=O) groups is 2. The molecule has 1 aliphatic rings. The Morgan fingerprint density at radius 2 is 1.47 bits per heavy atom. The molecule has 0 spiro atoms. The molecule has 4 aromatic rings. The molecular formula is C29H27N3O2. The standard InChI is InChI=1S/C29H27N3O2/c1-20-9-5-6-12-23(20)24(21-10-3-2-4-11-21)15-16-27-30-19-22(31-27)17-18-32-28(33)25-13-7-8-14-26(25)29(32)34/h2-14,19,24H,15-18H2,1H3,(H,30,31). The maximum absolute atomic E-state index is 12.6. The van der Waals surface area contributed by atoms with Gasteiger partial charge >= 0.3 is 0 Å². The van der Waals surface area contributed by atoms with Crippen molar-refractivity contribution in [1.29, 1.82) is 0 Å². The van der Waals surface area contributed by atoms with Crippen LogP contribution in [0.4, 0.5) is 0 Å². The molecule has 0 saturated heterocycles. The van der Waals surface area contributed by atoms with Gasteiger partial charge in [0, 0.05) is 37.2 Å². The lowest BCUT2D eigenvalue weighted by atomic mass is 9.85. The van der Waals surface area contributed by atoms with Gasteiger partial charge in [0.15, 0.2) is 0 Å². The summed E-state index contributed by atoms with van der Waals surface area (Å²) in [7, 11) is 0. The van der Waals surface area contributed by atoms with E-state index in [4.69, 9.17) is 0 Å². The molecular weight excluding hydrogens is 422 g/mol. The number of benzene rings is 3. The van der Waals surface area contributed by atoms with Crippen LogP contribution in [0.25, 0.3) is 0 Å². The van der Waals surface area contributed by atoms with Gasteiger partial charge in [0.05, 0.1) is 11.1 Å². The van der Waals surface area contributed by atoms with E-state index in [1.165, 1.54) is 21.6 Å². The Morgan fingerprint density at radius 1 is 0.824 bits per heavy atom. The van der Waals surface area contributed by atoms with Gasteiger partial charge in [0.1, 0.15) is 5.82 Å². The highest BCUT2D eigenvalue weighted by molar-refractivity contribution is 6.21. The first-order chi connectivity index (χ1) is 16.6. The maximum atomic E-state index is 12.6. The van der Waals surface area contributed by atoms with Crippen molar-refractivity contribution in [1.82, 2.24) is 14.9 Å². The molecule has 1 aromatic heterocycles. The summed E-state index contributed by atoms with van der Waals surface area (Å²) in [5, 5.41) is 0. The van der Waals surface area contributed by atoms with Crippen LogP contribution in [-0.2, 0) is 12.8 Å². The molecule has 1 atom stereocenters. The number of nitrogens with zero attached hydrogens (tertiary/aromatic N) is 2. The molecule has 1 N–H and O–H groups in total. The lowest BCUT2D eigenvalue weighted by molar-refractivity contribution is 0.0656. The Kier molecular flexibility index (Phi) is 6.09. The van der Waals surface area contributed by atoms with Crippen molar-refractivity contribution in [3.05, 3.63) is 124 Å². The average molecular weight is 450 g/mol. The van der Waals surface area contributed by atoms with E-state index in [0.717, 1.165) is 24.4 Å². The van der Waals surface area contributed by atoms with Crippen LogP contribution < -0.4 is 0 Å². The Bertz CT molecular complexity index is 1290. The molecule has 0 fully saturated rings. The molecule has 0 bridgehead atoms. The van der Waals surface area contributed by atoms with Crippen molar-refractivity contribution >= 4 is 11.8 Å². The zero-order chi connectivity index (χ0) is 23.5. The van der Waals surface area contributed by atoms with E-state index in [1.807, 2.05) is 12.3 Å². The van der Waals surface area contributed by atoms with E-state index in [-0.39, 0.29) is 17.7 Å². The first-order valence-corrected chi connectivity index (χ1v) is 11.7. The maximum Gasteiger partial charge on any atom is 0.261 e. The van der Waals surface area contributed by atoms with Gasteiger partial charge in [-0.3, -0.25) is 14.5 Å². The molecule has 170 valence electrons. The van der Waals surface area contributed by atoms with E-state index in [0.29, 0.717) is 24.1 Å². The van der Waals surface area contributed by atoms with Gasteiger partial charge in [0.25, 0.3) is 11.8 Å². The number of aromatic amines is 1. The fourth-order valence-corrected chi connectivity index (χ4v) is 4.78. The first-order valence-electron chi connectivity index (χ1n) is 11.7. The molecule has 2 amide bonds. The fourth-order valence-electron chi connectivity index (χ4n) is 4.78. The number of imide groups is 1. The van der Waals surface area contributed by atoms with Crippen LogP contribution in [0.15, 0.2) is 85.1 Å². The van der Waals surface area contributed by atoms with E-state index < -0.39 is 0 Å². The number of fused-ring (bicyclic) bond motifs is 1. The second kappa shape index (κ2) is 9.48. The smallest absolute Gasteiger partial charge is 0.261 e. The minimum Gasteiger partial charge on any atom is -0.346 e. The SMILES string of the molecule is Cc1ccccc1C(CCc1ncc(CCN2C(=O)c3ccccc3C2=O)[nH]1)c1ccccc1. The Balaban J connectivity index is 1.25. The number of hydrogen-bond donors (Lipinski definition) is 1. The van der Waals surface area contributed by atoms with Crippen LogP contribution >= 0.6 is 0 Å². The number of rotatable bonds is 8. The van der Waals surface area contributed by atoms with Crippen molar-refractivity contribution in [2.45, 2.75) is 32.1 Å². The van der Waals surface area contributed by atoms with Gasteiger partial charge in [-0.2, -0.15) is 0 Å². The summed E-state index contributed by atoms with van der Waals surface area (Å²) in [4.78, 5) is 34.5. The normalized spacial score (nSPS) is 13.9. The zero-order valence-corrected chi connectivity index (χ0v) is 19.2. The van der Waals surface area contributed by atoms with Crippen LogP contribution in [0.2, 0.25) is 0 Å². The second-order valence-electron chi connectivity index (χ2n) is 8.77. The molecule has 3 aromatic carbocycles. The van der Waals surface area contributed by atoms with Gasteiger partial charge in [-0.05, 0) is 42.2 Å². The summed E-state index contributed by atoms with van der Waals surface area (Å²) < 4.78 is 0. The lowest BCUT2D eigenvalue weighted by Gasteiger charge is -2.20. The quantitative estimate of drug-likeness (QED) is 0.370. The molecule has 34 heavy (non-hydrogen) atoms. The van der Waals surface area contributed by atoms with E-state index in [9.17, 15) is 9.59 Å². The van der Waals surface area contributed by atoms with Gasteiger partial charge < -0.3 is 4.98 Å². The Morgan fingerprint density at radius 3 is 2.18 bits per heavy atom. The Labute approximate surface area is 199 Å². The van der Waals surface area contributed by atoms with Gasteiger partial charge in [-0.25, -0.2) is 4.98 Å². The number of aryl methyl sites for hydroxylation is 2. The number of hydrogen-bond acceptors (Lipinski definition) is 3. The number of carbonyl (C=O) groups excluding carboxylic acids is 2. The number of amides is 2. The fraction of sp³-hybridized carbons (Fsp3) is 0.207. The minimum atomic E-state index is -0.218. The van der Waals surface area contributed by atoms with Crippen molar-refractivity contribution in [2.75, 3.05) is 6.54 Å². The third-order valence-electron chi connectivity index (χ3n) is 6.60. The van der Waals surface area contributed by atoms with Gasteiger partial charge in [-0.15, -0.1) is 0 Å². The van der Waals surface area contributed by atoms with Gasteiger partial charge in [-0.1, -0.05) is 66.7 Å². The predicted octanol–water partition coefficient (Wildman–Crippen LogP) is 5.32. The minimum absolute atomic E-state index is 0.218.